The maximum atomic E-state index is 5.81. The molecule has 2 N–H and O–H groups in total. The largest absolute Gasteiger partial charge is 0.365 e. The zero-order chi connectivity index (χ0) is 11.0. The summed E-state index contributed by atoms with van der Waals surface area (Å²) in [6.45, 7) is 1.89. The summed E-state index contributed by atoms with van der Waals surface area (Å²) in [4.78, 5) is 0. The van der Waals surface area contributed by atoms with Crippen LogP contribution in [0.5, 0.6) is 0 Å². The van der Waals surface area contributed by atoms with Gasteiger partial charge in [-0.3, -0.25) is 4.68 Å². The van der Waals surface area contributed by atoms with Crippen LogP contribution >= 0.6 is 11.3 Å². The van der Waals surface area contributed by atoms with Crippen molar-refractivity contribution >= 4 is 11.3 Å². The highest BCUT2D eigenvalue weighted by Gasteiger charge is 2.22. The molecule has 16 heavy (non-hydrogen) atoms. The molecule has 84 valence electrons. The summed E-state index contributed by atoms with van der Waals surface area (Å²) >= 11 is 1.69. The van der Waals surface area contributed by atoms with Gasteiger partial charge in [0.25, 0.3) is 0 Å². The highest BCUT2D eigenvalue weighted by Crippen LogP contribution is 2.27. The monoisotopic (exact) mass is 235 g/mol. The van der Waals surface area contributed by atoms with Crippen molar-refractivity contribution in [3.8, 4) is 0 Å². The SMILES string of the molecule is NCc1cc2n(n1)C[C@H](c1ccsc1)OC2. The molecule has 0 amide bonds. The van der Waals surface area contributed by atoms with Gasteiger partial charge in [-0.2, -0.15) is 16.4 Å². The normalized spacial score (nSPS) is 19.7. The van der Waals surface area contributed by atoms with E-state index in [1.54, 1.807) is 11.3 Å². The van der Waals surface area contributed by atoms with Crippen LogP contribution in [-0.4, -0.2) is 9.78 Å². The molecule has 0 saturated heterocycles. The molecule has 0 saturated carbocycles. The van der Waals surface area contributed by atoms with Gasteiger partial charge in [0.2, 0.25) is 0 Å². The molecule has 3 rings (SSSR count). The molecule has 0 radical (unpaired) electrons. The number of nitrogens with two attached hydrogens (primary N) is 1. The fourth-order valence-corrected chi connectivity index (χ4v) is 2.65. The van der Waals surface area contributed by atoms with Gasteiger partial charge < -0.3 is 10.5 Å². The Morgan fingerprint density at radius 2 is 2.56 bits per heavy atom. The predicted molar refractivity (Wildman–Crippen MR) is 62.0 cm³/mol. The topological polar surface area (TPSA) is 53.1 Å². The molecular formula is C11H13N3OS. The first-order chi connectivity index (χ1) is 7.86. The summed E-state index contributed by atoms with van der Waals surface area (Å²) in [5.74, 6) is 0. The fraction of sp³-hybridized carbons (Fsp3) is 0.364. The van der Waals surface area contributed by atoms with Gasteiger partial charge >= 0.3 is 0 Å². The second-order valence-electron chi connectivity index (χ2n) is 3.87. The maximum Gasteiger partial charge on any atom is 0.103 e. The summed E-state index contributed by atoms with van der Waals surface area (Å²) in [6, 6.07) is 4.12. The Morgan fingerprint density at radius 1 is 1.62 bits per heavy atom. The van der Waals surface area contributed by atoms with Crippen molar-refractivity contribution < 1.29 is 4.74 Å². The van der Waals surface area contributed by atoms with E-state index >= 15 is 0 Å². The second kappa shape index (κ2) is 4.01. The second-order valence-corrected chi connectivity index (χ2v) is 4.65. The quantitative estimate of drug-likeness (QED) is 0.861. The van der Waals surface area contributed by atoms with Crippen LogP contribution in [0.25, 0.3) is 0 Å². The average molecular weight is 235 g/mol. The zero-order valence-corrected chi connectivity index (χ0v) is 9.61. The molecule has 1 aliphatic rings. The van der Waals surface area contributed by atoms with Gasteiger partial charge in [-0.15, -0.1) is 0 Å². The van der Waals surface area contributed by atoms with Gasteiger partial charge in [-0.1, -0.05) is 0 Å². The van der Waals surface area contributed by atoms with Gasteiger partial charge in [0.15, 0.2) is 0 Å². The molecule has 0 aromatic carbocycles. The van der Waals surface area contributed by atoms with E-state index in [2.05, 4.69) is 21.9 Å². The van der Waals surface area contributed by atoms with Crippen molar-refractivity contribution in [3.05, 3.63) is 39.8 Å². The summed E-state index contributed by atoms with van der Waals surface area (Å²) in [5.41, 5.74) is 8.86. The van der Waals surface area contributed by atoms with Crippen molar-refractivity contribution in [2.24, 2.45) is 5.73 Å². The van der Waals surface area contributed by atoms with Crippen LogP contribution in [0.3, 0.4) is 0 Å². The molecule has 0 aliphatic carbocycles. The molecule has 2 aromatic heterocycles. The Morgan fingerprint density at radius 3 is 3.31 bits per heavy atom. The van der Waals surface area contributed by atoms with E-state index in [0.717, 1.165) is 17.9 Å². The molecule has 1 atom stereocenters. The van der Waals surface area contributed by atoms with E-state index in [-0.39, 0.29) is 6.10 Å². The van der Waals surface area contributed by atoms with E-state index in [1.807, 2.05) is 10.7 Å². The lowest BCUT2D eigenvalue weighted by Gasteiger charge is -2.23. The highest BCUT2D eigenvalue weighted by atomic mass is 32.1. The smallest absolute Gasteiger partial charge is 0.103 e. The lowest BCUT2D eigenvalue weighted by atomic mass is 10.2. The molecular weight excluding hydrogens is 222 g/mol. The molecule has 0 unspecified atom stereocenters. The number of aromatic nitrogens is 2. The predicted octanol–water partition coefficient (Wildman–Crippen LogP) is 1.67. The van der Waals surface area contributed by atoms with Crippen molar-refractivity contribution in [2.45, 2.75) is 25.8 Å². The number of thiophene rings is 1. The fourth-order valence-electron chi connectivity index (χ4n) is 1.94. The van der Waals surface area contributed by atoms with E-state index in [1.165, 1.54) is 5.56 Å². The lowest BCUT2D eigenvalue weighted by Crippen LogP contribution is -2.21. The Balaban J connectivity index is 1.85. The average Bonchev–Trinajstić information content (AvgIpc) is 2.96. The van der Waals surface area contributed by atoms with Gasteiger partial charge in [0.1, 0.15) is 6.10 Å². The highest BCUT2D eigenvalue weighted by molar-refractivity contribution is 7.07. The lowest BCUT2D eigenvalue weighted by molar-refractivity contribution is -0.000939. The van der Waals surface area contributed by atoms with Crippen LogP contribution in [0.2, 0.25) is 0 Å². The molecule has 3 heterocycles. The standard InChI is InChI=1S/C11H13N3OS/c12-4-9-3-10-6-15-11(5-14(10)13-9)8-1-2-16-7-8/h1-3,7,11H,4-6,12H2/t11-/m1/s1. The van der Waals surface area contributed by atoms with Crippen molar-refractivity contribution in [1.29, 1.82) is 0 Å². The van der Waals surface area contributed by atoms with Crippen molar-refractivity contribution in [1.82, 2.24) is 9.78 Å². The minimum absolute atomic E-state index is 0.129. The molecule has 4 nitrogen and oxygen atoms in total. The molecule has 2 aromatic rings. The molecule has 5 heteroatoms. The summed E-state index contributed by atoms with van der Waals surface area (Å²) in [6.07, 6.45) is 0.129. The van der Waals surface area contributed by atoms with Crippen LogP contribution in [0.15, 0.2) is 22.9 Å². The minimum Gasteiger partial charge on any atom is -0.365 e. The van der Waals surface area contributed by atoms with Crippen LogP contribution in [-0.2, 0) is 24.4 Å². The van der Waals surface area contributed by atoms with Gasteiger partial charge in [-0.05, 0) is 28.5 Å². The van der Waals surface area contributed by atoms with Crippen LogP contribution in [0.4, 0.5) is 0 Å². The summed E-state index contributed by atoms with van der Waals surface area (Å²) < 4.78 is 7.82. The van der Waals surface area contributed by atoms with Gasteiger partial charge in [0.05, 0.1) is 24.5 Å². The summed E-state index contributed by atoms with van der Waals surface area (Å²) in [5, 5.41) is 8.64. The molecule has 1 aliphatic heterocycles. The number of ether oxygens (including phenoxy) is 1. The Kier molecular flexibility index (Phi) is 2.51. The third-order valence-electron chi connectivity index (χ3n) is 2.81. The Hall–Kier alpha value is -1.17. The zero-order valence-electron chi connectivity index (χ0n) is 8.80. The summed E-state index contributed by atoms with van der Waals surface area (Å²) in [7, 11) is 0. The van der Waals surface area contributed by atoms with E-state index in [0.29, 0.717) is 13.2 Å². The van der Waals surface area contributed by atoms with Gasteiger partial charge in [-0.25, -0.2) is 0 Å². The molecule has 0 bridgehead atoms. The van der Waals surface area contributed by atoms with E-state index in [9.17, 15) is 0 Å². The Labute approximate surface area is 97.6 Å². The minimum atomic E-state index is 0.129. The number of fused-ring (bicyclic) bond motifs is 1. The number of nitrogens with zero attached hydrogens (tertiary/aromatic N) is 2. The maximum absolute atomic E-state index is 5.81. The van der Waals surface area contributed by atoms with E-state index < -0.39 is 0 Å². The first-order valence-electron chi connectivity index (χ1n) is 5.26. The third kappa shape index (κ3) is 1.67. The van der Waals surface area contributed by atoms with Crippen LogP contribution in [0.1, 0.15) is 23.1 Å². The number of rotatable bonds is 2. The van der Waals surface area contributed by atoms with Crippen LogP contribution < -0.4 is 5.73 Å². The van der Waals surface area contributed by atoms with E-state index in [4.69, 9.17) is 10.5 Å². The molecule has 0 spiro atoms. The number of hydrogen-bond acceptors (Lipinski definition) is 4. The van der Waals surface area contributed by atoms with Gasteiger partial charge in [0, 0.05) is 6.54 Å². The Bertz CT molecular complexity index is 477. The van der Waals surface area contributed by atoms with Crippen molar-refractivity contribution in [3.63, 3.8) is 0 Å². The first kappa shape index (κ1) is 10.0. The third-order valence-corrected chi connectivity index (χ3v) is 3.51. The first-order valence-corrected chi connectivity index (χ1v) is 6.20. The van der Waals surface area contributed by atoms with Crippen molar-refractivity contribution in [2.75, 3.05) is 0 Å². The number of hydrogen-bond donors (Lipinski definition) is 1. The van der Waals surface area contributed by atoms with Crippen LogP contribution in [0, 0.1) is 0 Å². The molecule has 0 fully saturated rings.